The van der Waals surface area contributed by atoms with Crippen LogP contribution in [0.3, 0.4) is 0 Å². The Kier molecular flexibility index (Phi) is 3.95. The second kappa shape index (κ2) is 5.87. The van der Waals surface area contributed by atoms with Gasteiger partial charge in [-0.2, -0.15) is 0 Å². The third-order valence-electron chi connectivity index (χ3n) is 3.19. The Hall–Kier alpha value is -1.50. The molecule has 1 aromatic carbocycles. The largest absolute Gasteiger partial charge is 0.496 e. The molecule has 1 aromatic heterocycles. The average molecular weight is 294 g/mol. The lowest BCUT2D eigenvalue weighted by Gasteiger charge is -2.21. The molecule has 0 aliphatic carbocycles. The summed E-state index contributed by atoms with van der Waals surface area (Å²) in [7, 11) is 1.53. The summed E-state index contributed by atoms with van der Waals surface area (Å²) in [6.07, 6.45) is 0. The zero-order valence-corrected chi connectivity index (χ0v) is 11.9. The van der Waals surface area contributed by atoms with Crippen LogP contribution in [0.2, 0.25) is 0 Å². The quantitative estimate of drug-likeness (QED) is 0.945. The van der Waals surface area contributed by atoms with Gasteiger partial charge in [0.25, 0.3) is 0 Å². The van der Waals surface area contributed by atoms with Crippen LogP contribution in [0.4, 0.5) is 4.39 Å². The van der Waals surface area contributed by atoms with Gasteiger partial charge in [0.2, 0.25) is 0 Å². The van der Waals surface area contributed by atoms with Gasteiger partial charge in [-0.15, -0.1) is 11.3 Å². The number of rotatable bonds is 3. The third-order valence-corrected chi connectivity index (χ3v) is 4.15. The van der Waals surface area contributed by atoms with E-state index >= 15 is 0 Å². The van der Waals surface area contributed by atoms with Gasteiger partial charge in [0, 0.05) is 11.9 Å². The molecule has 1 atom stereocenters. The number of hydrogen-bond acceptors (Lipinski definition) is 5. The first-order chi connectivity index (χ1) is 9.79. The van der Waals surface area contributed by atoms with Crippen LogP contribution >= 0.6 is 11.3 Å². The Labute approximate surface area is 120 Å². The standard InChI is InChI=1S/C14H15FN2O2S/c1-18-12-4-2-3-9(15)13(12)11-8-20-14(17-11)10-7-19-6-5-16-10/h2-4,8,10,16H,5-7H2,1H3. The summed E-state index contributed by atoms with van der Waals surface area (Å²) >= 11 is 1.50. The van der Waals surface area contributed by atoms with E-state index < -0.39 is 0 Å². The smallest absolute Gasteiger partial charge is 0.136 e. The molecule has 0 saturated carbocycles. The van der Waals surface area contributed by atoms with Crippen LogP contribution in [0.15, 0.2) is 23.6 Å². The van der Waals surface area contributed by atoms with Crippen molar-refractivity contribution in [2.75, 3.05) is 26.9 Å². The average Bonchev–Trinajstić information content (AvgIpc) is 2.97. The highest BCUT2D eigenvalue weighted by Crippen LogP contribution is 2.34. The van der Waals surface area contributed by atoms with Gasteiger partial charge in [0.15, 0.2) is 0 Å². The number of halogens is 1. The lowest BCUT2D eigenvalue weighted by Crippen LogP contribution is -2.34. The van der Waals surface area contributed by atoms with E-state index in [-0.39, 0.29) is 11.9 Å². The summed E-state index contributed by atoms with van der Waals surface area (Å²) in [6.45, 7) is 2.12. The van der Waals surface area contributed by atoms with Gasteiger partial charge in [0.1, 0.15) is 16.6 Å². The Morgan fingerprint density at radius 1 is 1.50 bits per heavy atom. The highest BCUT2D eigenvalue weighted by atomic mass is 32.1. The van der Waals surface area contributed by atoms with E-state index in [9.17, 15) is 4.39 Å². The van der Waals surface area contributed by atoms with Crippen molar-refractivity contribution in [3.05, 3.63) is 34.4 Å². The van der Waals surface area contributed by atoms with Gasteiger partial charge in [-0.1, -0.05) is 6.07 Å². The molecule has 2 heterocycles. The fourth-order valence-electron chi connectivity index (χ4n) is 2.21. The number of ether oxygens (including phenoxy) is 2. The molecule has 0 radical (unpaired) electrons. The maximum atomic E-state index is 14.0. The predicted octanol–water partition coefficient (Wildman–Crippen LogP) is 2.62. The summed E-state index contributed by atoms with van der Waals surface area (Å²) < 4.78 is 24.7. The number of nitrogens with one attached hydrogen (secondary N) is 1. The normalized spacial score (nSPS) is 19.0. The Balaban J connectivity index is 1.93. The molecule has 2 aromatic rings. The van der Waals surface area contributed by atoms with Crippen molar-refractivity contribution in [3.63, 3.8) is 0 Å². The molecule has 6 heteroatoms. The first-order valence-electron chi connectivity index (χ1n) is 6.39. The number of benzene rings is 1. The summed E-state index contributed by atoms with van der Waals surface area (Å²) in [5.74, 6) is 0.170. The highest BCUT2D eigenvalue weighted by molar-refractivity contribution is 7.10. The van der Waals surface area contributed by atoms with Crippen molar-refractivity contribution in [2.45, 2.75) is 6.04 Å². The molecular weight excluding hydrogens is 279 g/mol. The van der Waals surface area contributed by atoms with Gasteiger partial charge in [0.05, 0.1) is 37.6 Å². The molecule has 0 amide bonds. The van der Waals surface area contributed by atoms with Crippen LogP contribution in [-0.2, 0) is 4.74 Å². The summed E-state index contributed by atoms with van der Waals surface area (Å²) in [5.41, 5.74) is 1.02. The van der Waals surface area contributed by atoms with Gasteiger partial charge in [-0.3, -0.25) is 0 Å². The minimum atomic E-state index is -0.325. The van der Waals surface area contributed by atoms with Crippen LogP contribution in [0.25, 0.3) is 11.3 Å². The first kappa shape index (κ1) is 13.5. The van der Waals surface area contributed by atoms with Gasteiger partial charge >= 0.3 is 0 Å². The molecule has 20 heavy (non-hydrogen) atoms. The van der Waals surface area contributed by atoms with Crippen LogP contribution in [0.1, 0.15) is 11.0 Å². The summed E-state index contributed by atoms with van der Waals surface area (Å²) in [4.78, 5) is 4.53. The lowest BCUT2D eigenvalue weighted by atomic mass is 10.1. The second-order valence-corrected chi connectivity index (χ2v) is 5.36. The lowest BCUT2D eigenvalue weighted by molar-refractivity contribution is 0.0768. The number of morpholine rings is 1. The van der Waals surface area contributed by atoms with E-state index in [0.717, 1.165) is 18.2 Å². The maximum absolute atomic E-state index is 14.0. The molecule has 3 rings (SSSR count). The summed E-state index contributed by atoms with van der Waals surface area (Å²) in [5, 5.41) is 6.10. The molecule has 0 bridgehead atoms. The number of aromatic nitrogens is 1. The fourth-order valence-corrected chi connectivity index (χ4v) is 3.08. The van der Waals surface area contributed by atoms with Gasteiger partial charge in [-0.25, -0.2) is 9.37 Å². The van der Waals surface area contributed by atoms with E-state index in [1.807, 2.05) is 5.38 Å². The maximum Gasteiger partial charge on any atom is 0.136 e. The molecule has 4 nitrogen and oxygen atoms in total. The van der Waals surface area contributed by atoms with E-state index in [1.165, 1.54) is 24.5 Å². The molecule has 1 aliphatic rings. The van der Waals surface area contributed by atoms with E-state index in [1.54, 1.807) is 12.1 Å². The molecule has 1 saturated heterocycles. The SMILES string of the molecule is COc1cccc(F)c1-c1csc(C2COCCN2)n1. The van der Waals surface area contributed by atoms with E-state index in [4.69, 9.17) is 9.47 Å². The highest BCUT2D eigenvalue weighted by Gasteiger charge is 2.21. The Bertz CT molecular complexity index is 597. The molecule has 1 unspecified atom stereocenters. The predicted molar refractivity (Wildman–Crippen MR) is 75.6 cm³/mol. The van der Waals surface area contributed by atoms with Crippen molar-refractivity contribution in [3.8, 4) is 17.0 Å². The number of hydrogen-bond donors (Lipinski definition) is 1. The van der Waals surface area contributed by atoms with Crippen molar-refractivity contribution in [2.24, 2.45) is 0 Å². The van der Waals surface area contributed by atoms with Gasteiger partial charge in [-0.05, 0) is 12.1 Å². The van der Waals surface area contributed by atoms with Crippen molar-refractivity contribution < 1.29 is 13.9 Å². The van der Waals surface area contributed by atoms with Crippen LogP contribution in [0, 0.1) is 5.82 Å². The van der Waals surface area contributed by atoms with Crippen molar-refractivity contribution in [1.82, 2.24) is 10.3 Å². The Morgan fingerprint density at radius 3 is 3.15 bits per heavy atom. The third kappa shape index (κ3) is 2.54. The molecule has 0 spiro atoms. The van der Waals surface area contributed by atoms with Crippen LogP contribution in [0.5, 0.6) is 5.75 Å². The topological polar surface area (TPSA) is 43.4 Å². The molecule has 1 N–H and O–H groups in total. The number of methoxy groups -OCH3 is 1. The van der Waals surface area contributed by atoms with Crippen LogP contribution < -0.4 is 10.1 Å². The van der Waals surface area contributed by atoms with Crippen LogP contribution in [-0.4, -0.2) is 31.9 Å². The molecule has 1 fully saturated rings. The zero-order valence-electron chi connectivity index (χ0n) is 11.1. The van der Waals surface area contributed by atoms with Crippen molar-refractivity contribution >= 4 is 11.3 Å². The summed E-state index contributed by atoms with van der Waals surface area (Å²) in [6, 6.07) is 4.86. The second-order valence-electron chi connectivity index (χ2n) is 4.47. The Morgan fingerprint density at radius 2 is 2.40 bits per heavy atom. The minimum absolute atomic E-state index is 0.0836. The monoisotopic (exact) mass is 294 g/mol. The number of thiazole rings is 1. The number of nitrogens with zero attached hydrogens (tertiary/aromatic N) is 1. The molecular formula is C14H15FN2O2S. The first-order valence-corrected chi connectivity index (χ1v) is 7.27. The van der Waals surface area contributed by atoms with Gasteiger partial charge < -0.3 is 14.8 Å². The van der Waals surface area contributed by atoms with Crippen molar-refractivity contribution in [1.29, 1.82) is 0 Å². The van der Waals surface area contributed by atoms with E-state index in [2.05, 4.69) is 10.3 Å². The minimum Gasteiger partial charge on any atom is -0.496 e. The molecule has 1 aliphatic heterocycles. The fraction of sp³-hybridized carbons (Fsp3) is 0.357. The zero-order chi connectivity index (χ0) is 13.9. The van der Waals surface area contributed by atoms with E-state index in [0.29, 0.717) is 23.6 Å². The molecule has 106 valence electrons.